The normalized spacial score (nSPS) is 14.0. The van der Waals surface area contributed by atoms with Gasteiger partial charge in [-0.2, -0.15) is 0 Å². The van der Waals surface area contributed by atoms with Gasteiger partial charge in [-0.1, -0.05) is 30.3 Å². The van der Waals surface area contributed by atoms with Crippen LogP contribution in [0.15, 0.2) is 61.2 Å². The highest BCUT2D eigenvalue weighted by Crippen LogP contribution is 2.34. The number of fused-ring (bicyclic) bond motifs is 1. The third kappa shape index (κ3) is 4.38. The highest BCUT2D eigenvalue weighted by Gasteiger charge is 2.22. The summed E-state index contributed by atoms with van der Waals surface area (Å²) in [5, 5.41) is 4.32. The lowest BCUT2D eigenvalue weighted by atomic mass is 10.2. The van der Waals surface area contributed by atoms with Crippen LogP contribution in [0.4, 0.5) is 11.8 Å². The lowest BCUT2D eigenvalue weighted by molar-refractivity contribution is -0.131. The Hall–Kier alpha value is -3.59. The fourth-order valence-electron chi connectivity index (χ4n) is 3.80. The summed E-state index contributed by atoms with van der Waals surface area (Å²) in [5.74, 6) is 1.64. The van der Waals surface area contributed by atoms with Gasteiger partial charge in [0.25, 0.3) is 0 Å². The SMILES string of the molecule is O=C(CCNc1ncnc2sc(-c3ccccc3)cc12)N1CCN(c2ncccn2)CC1. The van der Waals surface area contributed by atoms with Crippen LogP contribution in [0.2, 0.25) is 0 Å². The molecular formula is C23H23N7OS. The van der Waals surface area contributed by atoms with Crippen molar-refractivity contribution in [2.75, 3.05) is 42.9 Å². The molecule has 0 aliphatic carbocycles. The summed E-state index contributed by atoms with van der Waals surface area (Å²) in [7, 11) is 0. The Morgan fingerprint density at radius 3 is 2.53 bits per heavy atom. The zero-order valence-electron chi connectivity index (χ0n) is 17.5. The molecule has 0 unspecified atom stereocenters. The van der Waals surface area contributed by atoms with Crippen LogP contribution in [0.3, 0.4) is 0 Å². The molecule has 0 spiro atoms. The molecule has 4 aromatic rings. The fourth-order valence-corrected chi connectivity index (χ4v) is 4.80. The van der Waals surface area contributed by atoms with E-state index in [0.717, 1.165) is 45.5 Å². The number of anilines is 2. The first-order valence-corrected chi connectivity index (χ1v) is 11.4. The van der Waals surface area contributed by atoms with Crippen LogP contribution in [-0.2, 0) is 4.79 Å². The van der Waals surface area contributed by atoms with Gasteiger partial charge in [0.1, 0.15) is 17.0 Å². The lowest BCUT2D eigenvalue weighted by Gasteiger charge is -2.34. The number of nitrogens with zero attached hydrogens (tertiary/aromatic N) is 6. The Morgan fingerprint density at radius 1 is 0.969 bits per heavy atom. The second-order valence-corrected chi connectivity index (χ2v) is 8.54. The van der Waals surface area contributed by atoms with Crippen LogP contribution in [0, 0.1) is 0 Å². The van der Waals surface area contributed by atoms with Crippen molar-refractivity contribution in [1.29, 1.82) is 0 Å². The van der Waals surface area contributed by atoms with Gasteiger partial charge in [0.2, 0.25) is 11.9 Å². The number of hydrogen-bond acceptors (Lipinski definition) is 8. The van der Waals surface area contributed by atoms with Crippen molar-refractivity contribution in [3.05, 3.63) is 61.2 Å². The van der Waals surface area contributed by atoms with Crippen molar-refractivity contribution < 1.29 is 4.79 Å². The number of nitrogens with one attached hydrogen (secondary N) is 1. The smallest absolute Gasteiger partial charge is 0.225 e. The number of hydrogen-bond donors (Lipinski definition) is 1. The first kappa shape index (κ1) is 20.3. The number of rotatable bonds is 6. The van der Waals surface area contributed by atoms with E-state index in [1.807, 2.05) is 23.1 Å². The van der Waals surface area contributed by atoms with Gasteiger partial charge in [0.15, 0.2) is 0 Å². The summed E-state index contributed by atoms with van der Waals surface area (Å²) in [6.45, 7) is 3.38. The van der Waals surface area contributed by atoms with Crippen LogP contribution >= 0.6 is 11.3 Å². The van der Waals surface area contributed by atoms with Gasteiger partial charge in [-0.05, 0) is 17.7 Å². The molecule has 0 radical (unpaired) electrons. The molecule has 0 saturated carbocycles. The molecule has 1 aromatic carbocycles. The molecule has 1 N–H and O–H groups in total. The van der Waals surface area contributed by atoms with Gasteiger partial charge in [-0.15, -0.1) is 11.3 Å². The second kappa shape index (κ2) is 9.27. The molecule has 162 valence electrons. The van der Waals surface area contributed by atoms with Crippen molar-refractivity contribution in [3.8, 4) is 10.4 Å². The quantitative estimate of drug-likeness (QED) is 0.487. The molecule has 32 heavy (non-hydrogen) atoms. The monoisotopic (exact) mass is 445 g/mol. The zero-order valence-corrected chi connectivity index (χ0v) is 18.3. The number of piperazine rings is 1. The molecule has 1 amide bonds. The van der Waals surface area contributed by atoms with E-state index in [-0.39, 0.29) is 5.91 Å². The molecule has 1 fully saturated rings. The van der Waals surface area contributed by atoms with Crippen molar-refractivity contribution >= 4 is 39.2 Å². The third-order valence-corrected chi connectivity index (χ3v) is 6.58. The maximum absolute atomic E-state index is 12.7. The van der Waals surface area contributed by atoms with Crippen LogP contribution in [-0.4, -0.2) is 63.5 Å². The lowest BCUT2D eigenvalue weighted by Crippen LogP contribution is -2.49. The predicted octanol–water partition coefficient (Wildman–Crippen LogP) is 3.30. The number of amides is 1. The molecule has 9 heteroatoms. The maximum atomic E-state index is 12.7. The summed E-state index contributed by atoms with van der Waals surface area (Å²) in [6.07, 6.45) is 5.48. The van der Waals surface area contributed by atoms with Crippen molar-refractivity contribution in [2.24, 2.45) is 0 Å². The molecule has 0 bridgehead atoms. The molecule has 5 rings (SSSR count). The van der Waals surface area contributed by atoms with Crippen LogP contribution < -0.4 is 10.2 Å². The molecular weight excluding hydrogens is 422 g/mol. The van der Waals surface area contributed by atoms with Gasteiger partial charge < -0.3 is 15.1 Å². The van der Waals surface area contributed by atoms with Gasteiger partial charge in [-0.25, -0.2) is 19.9 Å². The fraction of sp³-hybridized carbons (Fsp3) is 0.261. The zero-order chi connectivity index (χ0) is 21.8. The van der Waals surface area contributed by atoms with E-state index >= 15 is 0 Å². The van der Waals surface area contributed by atoms with Crippen LogP contribution in [0.5, 0.6) is 0 Å². The average molecular weight is 446 g/mol. The summed E-state index contributed by atoms with van der Waals surface area (Å²) in [4.78, 5) is 36.2. The molecule has 3 aromatic heterocycles. The largest absolute Gasteiger partial charge is 0.369 e. The maximum Gasteiger partial charge on any atom is 0.225 e. The number of benzene rings is 1. The highest BCUT2D eigenvalue weighted by atomic mass is 32.1. The second-order valence-electron chi connectivity index (χ2n) is 7.51. The van der Waals surface area contributed by atoms with E-state index in [1.54, 1.807) is 36.1 Å². The molecule has 1 saturated heterocycles. The summed E-state index contributed by atoms with van der Waals surface area (Å²) in [6, 6.07) is 14.2. The molecule has 0 atom stereocenters. The van der Waals surface area contributed by atoms with Gasteiger partial charge >= 0.3 is 0 Å². The van der Waals surface area contributed by atoms with E-state index in [1.165, 1.54) is 0 Å². The van der Waals surface area contributed by atoms with E-state index in [4.69, 9.17) is 0 Å². The Bertz CT molecular complexity index is 1190. The number of carbonyl (C=O) groups is 1. The summed E-state index contributed by atoms with van der Waals surface area (Å²) >= 11 is 1.64. The topological polar surface area (TPSA) is 87.1 Å². The first-order valence-electron chi connectivity index (χ1n) is 10.6. The van der Waals surface area contributed by atoms with Crippen molar-refractivity contribution in [3.63, 3.8) is 0 Å². The predicted molar refractivity (Wildman–Crippen MR) is 127 cm³/mol. The first-order chi connectivity index (χ1) is 15.8. The Morgan fingerprint density at radius 2 is 1.75 bits per heavy atom. The van der Waals surface area contributed by atoms with Crippen molar-refractivity contribution in [2.45, 2.75) is 6.42 Å². The standard InChI is InChI=1S/C23H23N7OS/c31-20(29-11-13-30(14-12-29)23-25-8-4-9-26-23)7-10-24-21-18-15-19(17-5-2-1-3-6-17)32-22(18)28-16-27-21/h1-6,8-9,15-16H,7,10-14H2,(H,24,27,28). The van der Waals surface area contributed by atoms with E-state index in [2.05, 4.69) is 48.4 Å². The number of carbonyl (C=O) groups excluding carboxylic acids is 1. The number of thiophene rings is 1. The van der Waals surface area contributed by atoms with Crippen molar-refractivity contribution in [1.82, 2.24) is 24.8 Å². The number of aromatic nitrogens is 4. The van der Waals surface area contributed by atoms with Gasteiger partial charge in [-0.3, -0.25) is 4.79 Å². The highest BCUT2D eigenvalue weighted by molar-refractivity contribution is 7.21. The Kier molecular flexibility index (Phi) is 5.89. The van der Waals surface area contributed by atoms with E-state index in [0.29, 0.717) is 26.1 Å². The minimum atomic E-state index is 0.145. The summed E-state index contributed by atoms with van der Waals surface area (Å²) < 4.78 is 0. The molecule has 4 heterocycles. The third-order valence-electron chi connectivity index (χ3n) is 5.49. The minimum absolute atomic E-state index is 0.145. The molecule has 1 aliphatic heterocycles. The van der Waals surface area contributed by atoms with Gasteiger partial charge in [0.05, 0.1) is 5.39 Å². The van der Waals surface area contributed by atoms with E-state index < -0.39 is 0 Å². The average Bonchev–Trinajstić information content (AvgIpc) is 3.31. The minimum Gasteiger partial charge on any atom is -0.369 e. The molecule has 1 aliphatic rings. The summed E-state index contributed by atoms with van der Waals surface area (Å²) in [5.41, 5.74) is 1.16. The van der Waals surface area contributed by atoms with Gasteiger partial charge in [0, 0.05) is 56.4 Å². The molecule has 8 nitrogen and oxygen atoms in total. The van der Waals surface area contributed by atoms with Crippen LogP contribution in [0.1, 0.15) is 6.42 Å². The Labute approximate surface area is 190 Å². The van der Waals surface area contributed by atoms with E-state index in [9.17, 15) is 4.79 Å². The van der Waals surface area contributed by atoms with Crippen LogP contribution in [0.25, 0.3) is 20.7 Å². The Balaban J connectivity index is 1.17.